The lowest BCUT2D eigenvalue weighted by Gasteiger charge is -2.35. The van der Waals surface area contributed by atoms with E-state index in [1.807, 2.05) is 36.9 Å². The van der Waals surface area contributed by atoms with Gasteiger partial charge in [0.15, 0.2) is 0 Å². The number of nitrogens with one attached hydrogen (secondary N) is 1. The van der Waals surface area contributed by atoms with Gasteiger partial charge < -0.3 is 15.1 Å². The molecule has 2 amide bonds. The van der Waals surface area contributed by atoms with E-state index in [0.29, 0.717) is 53.3 Å². The van der Waals surface area contributed by atoms with Crippen LogP contribution in [0, 0.1) is 31.6 Å². The molecule has 0 bridgehead atoms. The van der Waals surface area contributed by atoms with Gasteiger partial charge in [-0.25, -0.2) is 18.7 Å². The fourth-order valence-corrected chi connectivity index (χ4v) is 6.19. The lowest BCUT2D eigenvalue weighted by molar-refractivity contribution is -0.150. The number of hydrogen-bond acceptors (Lipinski definition) is 5. The average Bonchev–Trinajstić information content (AvgIpc) is 3.39. The Morgan fingerprint density at radius 1 is 1.11 bits per heavy atom. The van der Waals surface area contributed by atoms with Gasteiger partial charge in [0.2, 0.25) is 11.8 Å². The van der Waals surface area contributed by atoms with Gasteiger partial charge >= 0.3 is 0 Å². The lowest BCUT2D eigenvalue weighted by Crippen LogP contribution is -2.46. The summed E-state index contributed by atoms with van der Waals surface area (Å²) in [5.41, 5.74) is 2.88. The van der Waals surface area contributed by atoms with Crippen LogP contribution >= 0.6 is 11.6 Å². The van der Waals surface area contributed by atoms with Gasteiger partial charge in [0.25, 0.3) is 5.91 Å². The number of likely N-dealkylation sites (tertiary alicyclic amines) is 2. The molecule has 2 unspecified atom stereocenters. The lowest BCUT2D eigenvalue weighted by atomic mass is 9.80. The fourth-order valence-electron chi connectivity index (χ4n) is 5.99. The predicted molar refractivity (Wildman–Crippen MR) is 135 cm³/mol. The molecular formula is C27H32ClF2N5O2. The van der Waals surface area contributed by atoms with Crippen LogP contribution in [-0.2, 0) is 4.79 Å². The van der Waals surface area contributed by atoms with Crippen LogP contribution in [0.5, 0.6) is 0 Å². The van der Waals surface area contributed by atoms with E-state index in [0.717, 1.165) is 25.2 Å². The number of rotatable bonds is 7. The standard InChI is InChI=1S/C27H32ClF2N5O2/c1-16-24(17(2)32-15-31-16)26(37)35-13-20-11-34(12-21(20)14-35)7-6-23(18-4-3-5-22(28)8-18)33-25(36)19-9-27(29,30)10-19/h3-5,8,15,19-21,23H,6-7,9-14H2,1-2H3,(H,33,36)/t20?,21?,23-/m0/s1. The first kappa shape index (κ1) is 26.0. The number of fused-ring (bicyclic) bond motifs is 1. The van der Waals surface area contributed by atoms with Crippen molar-refractivity contribution in [1.82, 2.24) is 25.1 Å². The summed E-state index contributed by atoms with van der Waals surface area (Å²) >= 11 is 6.20. The quantitative estimate of drug-likeness (QED) is 0.583. The van der Waals surface area contributed by atoms with Gasteiger partial charge in [0.05, 0.1) is 23.0 Å². The molecule has 1 saturated carbocycles. The molecular weight excluding hydrogens is 500 g/mol. The third-order valence-corrected chi connectivity index (χ3v) is 8.29. The Bertz CT molecular complexity index is 1150. The van der Waals surface area contributed by atoms with Crippen LogP contribution in [0.2, 0.25) is 5.02 Å². The van der Waals surface area contributed by atoms with E-state index in [9.17, 15) is 18.4 Å². The summed E-state index contributed by atoms with van der Waals surface area (Å²) in [5, 5.41) is 3.57. The van der Waals surface area contributed by atoms with Crippen molar-refractivity contribution < 1.29 is 18.4 Å². The molecule has 198 valence electrons. The maximum absolute atomic E-state index is 13.3. The molecule has 1 aromatic carbocycles. The van der Waals surface area contributed by atoms with Gasteiger partial charge in [-0.05, 0) is 49.8 Å². The van der Waals surface area contributed by atoms with Crippen molar-refractivity contribution in [3.05, 3.63) is 58.1 Å². The second kappa shape index (κ2) is 10.3. The molecule has 0 radical (unpaired) electrons. The predicted octanol–water partition coefficient (Wildman–Crippen LogP) is 4.04. The molecule has 0 spiro atoms. The summed E-state index contributed by atoms with van der Waals surface area (Å²) in [6.45, 7) is 7.60. The van der Waals surface area contributed by atoms with Gasteiger partial charge in [0, 0.05) is 56.5 Å². The Morgan fingerprint density at radius 3 is 2.35 bits per heavy atom. The molecule has 3 fully saturated rings. The van der Waals surface area contributed by atoms with Gasteiger partial charge in [0.1, 0.15) is 6.33 Å². The van der Waals surface area contributed by atoms with Crippen LogP contribution in [0.1, 0.15) is 52.6 Å². The van der Waals surface area contributed by atoms with Crippen LogP contribution < -0.4 is 5.32 Å². The average molecular weight is 532 g/mol. The number of halogens is 3. The number of benzene rings is 1. The maximum Gasteiger partial charge on any atom is 0.257 e. The van der Waals surface area contributed by atoms with Crippen LogP contribution in [-0.4, -0.2) is 70.2 Å². The highest BCUT2D eigenvalue weighted by Gasteiger charge is 2.49. The SMILES string of the molecule is Cc1ncnc(C)c1C(=O)N1CC2CN(CC[C@H](NC(=O)C3CC(F)(F)C3)c3cccc(Cl)c3)CC2C1. The molecule has 3 heterocycles. The molecule has 5 rings (SSSR count). The minimum absolute atomic E-state index is 0.00172. The van der Waals surface area contributed by atoms with E-state index in [1.165, 1.54) is 6.33 Å². The summed E-state index contributed by atoms with van der Waals surface area (Å²) in [7, 11) is 0. The van der Waals surface area contributed by atoms with E-state index < -0.39 is 11.8 Å². The monoisotopic (exact) mass is 531 g/mol. The summed E-state index contributed by atoms with van der Waals surface area (Å²) in [6.07, 6.45) is 1.36. The van der Waals surface area contributed by atoms with Crippen LogP contribution in [0.4, 0.5) is 8.78 Å². The zero-order valence-electron chi connectivity index (χ0n) is 21.1. The highest BCUT2D eigenvalue weighted by molar-refractivity contribution is 6.30. The molecule has 37 heavy (non-hydrogen) atoms. The van der Waals surface area contributed by atoms with Gasteiger partial charge in [-0.2, -0.15) is 0 Å². The second-order valence-electron chi connectivity index (χ2n) is 10.8. The third kappa shape index (κ3) is 5.62. The van der Waals surface area contributed by atoms with E-state index in [4.69, 9.17) is 11.6 Å². The van der Waals surface area contributed by atoms with Crippen molar-refractivity contribution in [3.8, 4) is 0 Å². The molecule has 10 heteroatoms. The summed E-state index contributed by atoms with van der Waals surface area (Å²) in [5.74, 6) is -2.91. The summed E-state index contributed by atoms with van der Waals surface area (Å²) in [4.78, 5) is 38.5. The van der Waals surface area contributed by atoms with Crippen LogP contribution in [0.25, 0.3) is 0 Å². The number of amides is 2. The number of alkyl halides is 2. The first-order chi connectivity index (χ1) is 17.6. The Balaban J connectivity index is 1.18. The van der Waals surface area contributed by atoms with Crippen molar-refractivity contribution in [3.63, 3.8) is 0 Å². The number of carbonyl (C=O) groups excluding carboxylic acids is 2. The van der Waals surface area contributed by atoms with E-state index in [-0.39, 0.29) is 30.7 Å². The van der Waals surface area contributed by atoms with Gasteiger partial charge in [-0.1, -0.05) is 23.7 Å². The van der Waals surface area contributed by atoms with E-state index in [2.05, 4.69) is 20.2 Å². The van der Waals surface area contributed by atoms with Gasteiger partial charge in [-0.3, -0.25) is 9.59 Å². The number of hydrogen-bond donors (Lipinski definition) is 1. The van der Waals surface area contributed by atoms with Crippen molar-refractivity contribution >= 4 is 23.4 Å². The Hall–Kier alpha value is -2.65. The molecule has 3 atom stereocenters. The number of nitrogens with zero attached hydrogens (tertiary/aromatic N) is 4. The maximum atomic E-state index is 13.3. The molecule has 2 saturated heterocycles. The fraction of sp³-hybridized carbons (Fsp3) is 0.556. The van der Waals surface area contributed by atoms with Crippen molar-refractivity contribution in [2.24, 2.45) is 17.8 Å². The van der Waals surface area contributed by atoms with E-state index >= 15 is 0 Å². The molecule has 2 aliphatic heterocycles. The summed E-state index contributed by atoms with van der Waals surface area (Å²) < 4.78 is 26.6. The number of aromatic nitrogens is 2. The van der Waals surface area contributed by atoms with Crippen molar-refractivity contribution in [2.45, 2.75) is 45.1 Å². The van der Waals surface area contributed by atoms with Crippen LogP contribution in [0.3, 0.4) is 0 Å². The van der Waals surface area contributed by atoms with Crippen molar-refractivity contribution in [1.29, 1.82) is 0 Å². The minimum Gasteiger partial charge on any atom is -0.349 e. The molecule has 3 aliphatic rings. The number of carbonyl (C=O) groups is 2. The smallest absolute Gasteiger partial charge is 0.257 e. The largest absolute Gasteiger partial charge is 0.349 e. The second-order valence-corrected chi connectivity index (χ2v) is 11.2. The highest BCUT2D eigenvalue weighted by Crippen LogP contribution is 2.42. The Morgan fingerprint density at radius 2 is 1.76 bits per heavy atom. The van der Waals surface area contributed by atoms with E-state index in [1.54, 1.807) is 6.07 Å². The zero-order chi connectivity index (χ0) is 26.3. The first-order valence-corrected chi connectivity index (χ1v) is 13.2. The number of aryl methyl sites for hydroxylation is 2. The highest BCUT2D eigenvalue weighted by atomic mass is 35.5. The Labute approximate surface area is 220 Å². The normalized spacial score (nSPS) is 24.0. The van der Waals surface area contributed by atoms with Gasteiger partial charge in [-0.15, -0.1) is 0 Å². The molecule has 7 nitrogen and oxygen atoms in total. The molecule has 1 N–H and O–H groups in total. The third-order valence-electron chi connectivity index (χ3n) is 8.05. The molecule has 1 aromatic heterocycles. The minimum atomic E-state index is -2.74. The summed E-state index contributed by atoms with van der Waals surface area (Å²) in [6, 6.07) is 7.03. The molecule has 1 aliphatic carbocycles. The van der Waals surface area contributed by atoms with Crippen LogP contribution in [0.15, 0.2) is 30.6 Å². The Kier molecular flexibility index (Phi) is 7.20. The molecule has 2 aromatic rings. The van der Waals surface area contributed by atoms with Crippen molar-refractivity contribution in [2.75, 3.05) is 32.7 Å². The zero-order valence-corrected chi connectivity index (χ0v) is 21.8. The first-order valence-electron chi connectivity index (χ1n) is 12.8. The topological polar surface area (TPSA) is 78.4 Å².